The van der Waals surface area contributed by atoms with Crippen molar-refractivity contribution in [1.29, 1.82) is 0 Å². The highest BCUT2D eigenvalue weighted by Crippen LogP contribution is 2.29. The first-order valence-corrected chi connectivity index (χ1v) is 10.5. The molecule has 3 aromatic rings. The first-order valence-electron chi connectivity index (χ1n) is 10.5. The van der Waals surface area contributed by atoms with Gasteiger partial charge in [-0.05, 0) is 57.1 Å². The van der Waals surface area contributed by atoms with Gasteiger partial charge in [-0.3, -0.25) is 10.1 Å². The minimum absolute atomic E-state index is 0.0563. The molecule has 2 heterocycles. The number of benzene rings is 2. The van der Waals surface area contributed by atoms with E-state index < -0.39 is 17.6 Å². The van der Waals surface area contributed by atoms with Gasteiger partial charge in [0.2, 0.25) is 0 Å². The molecule has 1 aliphatic rings. The van der Waals surface area contributed by atoms with E-state index in [0.717, 1.165) is 31.5 Å². The molecule has 0 atom stereocenters. The molecule has 1 aromatic heterocycles. The molecule has 0 spiro atoms. The van der Waals surface area contributed by atoms with E-state index in [4.69, 9.17) is 9.15 Å². The van der Waals surface area contributed by atoms with Gasteiger partial charge in [-0.25, -0.2) is 9.59 Å². The predicted octanol–water partition coefficient (Wildman–Crippen LogP) is 3.54. The first kappa shape index (κ1) is 21.6. The SMILES string of the molecule is Cc1c(OC2CCN(C)CC2)ccc2cc(NC(=O)NC(=O)c3ccccc3)c(=O)oc12. The van der Waals surface area contributed by atoms with Crippen molar-refractivity contribution >= 4 is 28.6 Å². The number of ether oxygens (including phenoxy) is 1. The zero-order valence-electron chi connectivity index (χ0n) is 18.0. The fourth-order valence-corrected chi connectivity index (χ4v) is 3.72. The third-order valence-electron chi connectivity index (χ3n) is 5.57. The van der Waals surface area contributed by atoms with Crippen LogP contribution in [0.15, 0.2) is 57.7 Å². The highest BCUT2D eigenvalue weighted by molar-refractivity contribution is 6.08. The topological polar surface area (TPSA) is 101 Å². The zero-order valence-corrected chi connectivity index (χ0v) is 18.0. The van der Waals surface area contributed by atoms with Gasteiger partial charge in [0.15, 0.2) is 0 Å². The van der Waals surface area contributed by atoms with E-state index in [2.05, 4.69) is 22.6 Å². The average molecular weight is 435 g/mol. The van der Waals surface area contributed by atoms with E-state index in [-0.39, 0.29) is 11.8 Å². The van der Waals surface area contributed by atoms with Gasteiger partial charge in [0.25, 0.3) is 5.91 Å². The molecule has 1 aliphatic heterocycles. The summed E-state index contributed by atoms with van der Waals surface area (Å²) in [4.78, 5) is 39.1. The van der Waals surface area contributed by atoms with Crippen LogP contribution in [0.5, 0.6) is 5.75 Å². The Morgan fingerprint density at radius 2 is 1.81 bits per heavy atom. The van der Waals surface area contributed by atoms with Crippen molar-refractivity contribution in [2.24, 2.45) is 0 Å². The molecule has 1 saturated heterocycles. The average Bonchev–Trinajstić information content (AvgIpc) is 2.79. The molecule has 166 valence electrons. The number of fused-ring (bicyclic) bond motifs is 1. The number of nitrogens with one attached hydrogen (secondary N) is 2. The van der Waals surface area contributed by atoms with Gasteiger partial charge in [0.1, 0.15) is 23.1 Å². The molecule has 0 aliphatic carbocycles. The maximum atomic E-state index is 12.5. The highest BCUT2D eigenvalue weighted by atomic mass is 16.5. The first-order chi connectivity index (χ1) is 15.4. The largest absolute Gasteiger partial charge is 0.490 e. The van der Waals surface area contributed by atoms with Crippen molar-refractivity contribution in [1.82, 2.24) is 10.2 Å². The second-order valence-electron chi connectivity index (χ2n) is 7.95. The number of hydrogen-bond acceptors (Lipinski definition) is 6. The van der Waals surface area contributed by atoms with E-state index in [0.29, 0.717) is 22.3 Å². The smallest absolute Gasteiger partial charge is 0.360 e. The van der Waals surface area contributed by atoms with E-state index in [9.17, 15) is 14.4 Å². The summed E-state index contributed by atoms with van der Waals surface area (Å²) in [6, 6.07) is 12.7. The van der Waals surface area contributed by atoms with Gasteiger partial charge >= 0.3 is 11.7 Å². The van der Waals surface area contributed by atoms with Crippen molar-refractivity contribution in [2.45, 2.75) is 25.9 Å². The molecule has 32 heavy (non-hydrogen) atoms. The quantitative estimate of drug-likeness (QED) is 0.608. The fourth-order valence-electron chi connectivity index (χ4n) is 3.72. The summed E-state index contributed by atoms with van der Waals surface area (Å²) in [7, 11) is 2.09. The third-order valence-corrected chi connectivity index (χ3v) is 5.57. The number of anilines is 1. The Balaban J connectivity index is 1.49. The Bertz CT molecular complexity index is 1200. The van der Waals surface area contributed by atoms with Gasteiger partial charge in [-0.2, -0.15) is 0 Å². The minimum atomic E-state index is -0.815. The molecule has 1 fully saturated rings. The lowest BCUT2D eigenvalue weighted by molar-refractivity contribution is 0.0967. The molecular weight excluding hydrogens is 410 g/mol. The lowest BCUT2D eigenvalue weighted by Crippen LogP contribution is -2.35. The molecule has 4 rings (SSSR count). The van der Waals surface area contributed by atoms with E-state index in [1.165, 1.54) is 6.07 Å². The number of amides is 3. The van der Waals surface area contributed by atoms with Crippen molar-refractivity contribution < 1.29 is 18.7 Å². The van der Waals surface area contributed by atoms with Gasteiger partial charge in [-0.15, -0.1) is 0 Å². The number of piperidine rings is 1. The molecule has 2 N–H and O–H groups in total. The van der Waals surface area contributed by atoms with Crippen LogP contribution < -0.4 is 21.0 Å². The van der Waals surface area contributed by atoms with Crippen LogP contribution in [0.1, 0.15) is 28.8 Å². The summed E-state index contributed by atoms with van der Waals surface area (Å²) >= 11 is 0. The third kappa shape index (κ3) is 4.81. The summed E-state index contributed by atoms with van der Waals surface area (Å²) < 4.78 is 11.6. The van der Waals surface area contributed by atoms with Crippen LogP contribution in [-0.4, -0.2) is 43.1 Å². The Morgan fingerprint density at radius 1 is 1.09 bits per heavy atom. The molecular formula is C24H25N3O5. The number of urea groups is 1. The molecule has 8 nitrogen and oxygen atoms in total. The molecule has 0 bridgehead atoms. The summed E-state index contributed by atoms with van der Waals surface area (Å²) in [5.41, 5.74) is 0.708. The standard InChI is InChI=1S/C24H25N3O5/c1-15-20(31-18-10-12-27(2)13-11-18)9-8-17-14-19(23(29)32-21(15)17)25-24(30)26-22(28)16-6-4-3-5-7-16/h3-9,14,18H,10-13H2,1-2H3,(H2,25,26,28,30). The van der Waals surface area contributed by atoms with Crippen LogP contribution in [0.4, 0.5) is 10.5 Å². The minimum Gasteiger partial charge on any atom is -0.490 e. The lowest BCUT2D eigenvalue weighted by atomic mass is 10.1. The van der Waals surface area contributed by atoms with Gasteiger partial charge < -0.3 is 19.4 Å². The molecule has 8 heteroatoms. The number of nitrogens with zero attached hydrogens (tertiary/aromatic N) is 1. The Kier molecular flexibility index (Phi) is 6.23. The number of hydrogen-bond donors (Lipinski definition) is 2. The van der Waals surface area contributed by atoms with Gasteiger partial charge in [-0.1, -0.05) is 18.2 Å². The lowest BCUT2D eigenvalue weighted by Gasteiger charge is -2.29. The summed E-state index contributed by atoms with van der Waals surface area (Å²) in [6.07, 6.45) is 2.01. The number of rotatable bonds is 4. The monoisotopic (exact) mass is 435 g/mol. The number of carbonyl (C=O) groups is 2. The van der Waals surface area contributed by atoms with Crippen LogP contribution in [-0.2, 0) is 0 Å². The van der Waals surface area contributed by atoms with Crippen LogP contribution in [0.2, 0.25) is 0 Å². The number of carbonyl (C=O) groups excluding carboxylic acids is 2. The van der Waals surface area contributed by atoms with Crippen molar-refractivity contribution in [2.75, 3.05) is 25.5 Å². The molecule has 0 radical (unpaired) electrons. The zero-order chi connectivity index (χ0) is 22.7. The number of aryl methyl sites for hydroxylation is 1. The second-order valence-corrected chi connectivity index (χ2v) is 7.95. The van der Waals surface area contributed by atoms with E-state index >= 15 is 0 Å². The Labute approximate surface area is 185 Å². The second kappa shape index (κ2) is 9.23. The van der Waals surface area contributed by atoms with Crippen LogP contribution >= 0.6 is 0 Å². The number of imide groups is 1. The molecule has 3 amide bonds. The predicted molar refractivity (Wildman–Crippen MR) is 121 cm³/mol. The van der Waals surface area contributed by atoms with Gasteiger partial charge in [0, 0.05) is 29.6 Å². The van der Waals surface area contributed by atoms with Crippen molar-refractivity contribution in [3.63, 3.8) is 0 Å². The Hall–Kier alpha value is -3.65. The highest BCUT2D eigenvalue weighted by Gasteiger charge is 2.20. The maximum absolute atomic E-state index is 12.5. The van der Waals surface area contributed by atoms with Crippen LogP contribution in [0, 0.1) is 6.92 Å². The van der Waals surface area contributed by atoms with Crippen LogP contribution in [0.25, 0.3) is 11.0 Å². The molecule has 0 unspecified atom stereocenters. The van der Waals surface area contributed by atoms with Crippen molar-refractivity contribution in [3.05, 3.63) is 70.1 Å². The summed E-state index contributed by atoms with van der Waals surface area (Å²) in [6.45, 7) is 3.81. The van der Waals surface area contributed by atoms with Crippen molar-refractivity contribution in [3.8, 4) is 5.75 Å². The summed E-state index contributed by atoms with van der Waals surface area (Å²) in [5, 5.41) is 5.23. The molecule has 0 saturated carbocycles. The molecule has 2 aromatic carbocycles. The van der Waals surface area contributed by atoms with E-state index in [1.54, 1.807) is 36.4 Å². The number of likely N-dealkylation sites (tertiary alicyclic amines) is 1. The Morgan fingerprint density at radius 3 is 2.53 bits per heavy atom. The fraction of sp³-hybridized carbons (Fsp3) is 0.292. The van der Waals surface area contributed by atoms with Gasteiger partial charge in [0.05, 0.1) is 0 Å². The maximum Gasteiger partial charge on any atom is 0.360 e. The normalized spacial score (nSPS) is 14.8. The van der Waals surface area contributed by atoms with Crippen LogP contribution in [0.3, 0.4) is 0 Å². The summed E-state index contributed by atoms with van der Waals surface area (Å²) in [5.74, 6) is 0.113. The van der Waals surface area contributed by atoms with E-state index in [1.807, 2.05) is 13.0 Å².